The Morgan fingerprint density at radius 2 is 1.81 bits per heavy atom. The van der Waals surface area contributed by atoms with Crippen LogP contribution in [0.15, 0.2) is 48.5 Å². The van der Waals surface area contributed by atoms with Gasteiger partial charge in [-0.05, 0) is 17.7 Å². The summed E-state index contributed by atoms with van der Waals surface area (Å²) in [5.74, 6) is 0.728. The van der Waals surface area contributed by atoms with Crippen LogP contribution in [0.3, 0.4) is 0 Å². The van der Waals surface area contributed by atoms with Gasteiger partial charge in [0.15, 0.2) is 0 Å². The Morgan fingerprint density at radius 1 is 1.06 bits per heavy atom. The van der Waals surface area contributed by atoms with Crippen LogP contribution >= 0.6 is 11.6 Å². The molecule has 0 aromatic heterocycles. The van der Waals surface area contributed by atoms with Gasteiger partial charge in [-0.1, -0.05) is 41.9 Å². The van der Waals surface area contributed by atoms with Gasteiger partial charge in [-0.3, -0.25) is 0 Å². The van der Waals surface area contributed by atoms with Crippen LogP contribution in [0.5, 0.6) is 5.75 Å². The summed E-state index contributed by atoms with van der Waals surface area (Å²) in [7, 11) is 0. The number of rotatable bonds is 3. The second kappa shape index (κ2) is 4.90. The molecule has 0 aliphatic rings. The number of halogens is 1. The zero-order valence-corrected chi connectivity index (χ0v) is 9.45. The van der Waals surface area contributed by atoms with Crippen molar-refractivity contribution in [2.45, 2.75) is 6.61 Å². The zero-order chi connectivity index (χ0) is 11.4. The molecule has 2 N–H and O–H groups in total. The van der Waals surface area contributed by atoms with E-state index in [4.69, 9.17) is 22.1 Å². The van der Waals surface area contributed by atoms with Crippen LogP contribution in [0.25, 0.3) is 0 Å². The molecule has 0 bridgehead atoms. The largest absolute Gasteiger partial charge is 0.489 e. The lowest BCUT2D eigenvalue weighted by atomic mass is 10.2. The van der Waals surface area contributed by atoms with E-state index in [1.54, 1.807) is 12.1 Å². The van der Waals surface area contributed by atoms with Crippen LogP contribution in [-0.2, 0) is 6.61 Å². The number of ether oxygens (including phenoxy) is 1. The second-order valence-corrected chi connectivity index (χ2v) is 3.86. The minimum atomic E-state index is 0.530. The van der Waals surface area contributed by atoms with Crippen molar-refractivity contribution in [3.8, 4) is 5.75 Å². The van der Waals surface area contributed by atoms with E-state index in [1.165, 1.54) is 0 Å². The van der Waals surface area contributed by atoms with Crippen molar-refractivity contribution in [3.05, 3.63) is 59.1 Å². The highest BCUT2D eigenvalue weighted by Crippen LogP contribution is 2.24. The normalized spacial score (nSPS) is 10.1. The van der Waals surface area contributed by atoms with Gasteiger partial charge in [0, 0.05) is 6.07 Å². The molecule has 16 heavy (non-hydrogen) atoms. The average molecular weight is 234 g/mol. The smallest absolute Gasteiger partial charge is 0.121 e. The first kappa shape index (κ1) is 10.8. The summed E-state index contributed by atoms with van der Waals surface area (Å²) in [6.45, 7) is 0.530. The summed E-state index contributed by atoms with van der Waals surface area (Å²) >= 11 is 5.82. The van der Waals surface area contributed by atoms with Gasteiger partial charge < -0.3 is 10.5 Å². The molecule has 0 saturated carbocycles. The van der Waals surface area contributed by atoms with Gasteiger partial charge in [0.05, 0.1) is 10.7 Å². The third-order valence-corrected chi connectivity index (χ3v) is 2.56. The fraction of sp³-hybridized carbons (Fsp3) is 0.0769. The molecular formula is C13H12ClNO. The number of nitrogens with two attached hydrogens (primary N) is 1. The molecular weight excluding hydrogens is 222 g/mol. The Labute approximate surface area is 99.6 Å². The van der Waals surface area contributed by atoms with Crippen molar-refractivity contribution < 1.29 is 4.74 Å². The van der Waals surface area contributed by atoms with E-state index in [0.717, 1.165) is 11.3 Å². The number of benzene rings is 2. The van der Waals surface area contributed by atoms with Crippen LogP contribution in [-0.4, -0.2) is 0 Å². The van der Waals surface area contributed by atoms with Crippen LogP contribution in [0.2, 0.25) is 5.02 Å². The predicted octanol–water partition coefficient (Wildman–Crippen LogP) is 3.50. The molecule has 0 atom stereocenters. The maximum Gasteiger partial charge on any atom is 0.121 e. The van der Waals surface area contributed by atoms with Crippen molar-refractivity contribution in [1.82, 2.24) is 0 Å². The topological polar surface area (TPSA) is 35.2 Å². The molecule has 0 unspecified atom stereocenters. The lowest BCUT2D eigenvalue weighted by Crippen LogP contribution is -1.96. The highest BCUT2D eigenvalue weighted by atomic mass is 35.5. The van der Waals surface area contributed by atoms with E-state index in [0.29, 0.717) is 17.3 Å². The molecule has 0 spiro atoms. The number of hydrogen-bond donors (Lipinski definition) is 1. The van der Waals surface area contributed by atoms with Crippen molar-refractivity contribution in [3.63, 3.8) is 0 Å². The van der Waals surface area contributed by atoms with E-state index in [-0.39, 0.29) is 0 Å². The summed E-state index contributed by atoms with van der Waals surface area (Å²) < 4.78 is 5.59. The number of anilines is 1. The summed E-state index contributed by atoms with van der Waals surface area (Å²) in [6, 6.07) is 15.2. The second-order valence-electron chi connectivity index (χ2n) is 3.46. The summed E-state index contributed by atoms with van der Waals surface area (Å²) in [6.07, 6.45) is 0. The van der Waals surface area contributed by atoms with Gasteiger partial charge in [0.25, 0.3) is 0 Å². The Balaban J connectivity index is 2.03. The van der Waals surface area contributed by atoms with Crippen LogP contribution < -0.4 is 10.5 Å². The highest BCUT2D eigenvalue weighted by Gasteiger charge is 1.99. The quantitative estimate of drug-likeness (QED) is 0.824. The highest BCUT2D eigenvalue weighted by molar-refractivity contribution is 6.33. The molecule has 2 aromatic rings. The van der Waals surface area contributed by atoms with E-state index in [9.17, 15) is 0 Å². The van der Waals surface area contributed by atoms with Gasteiger partial charge >= 0.3 is 0 Å². The van der Waals surface area contributed by atoms with Crippen molar-refractivity contribution >= 4 is 17.3 Å². The fourth-order valence-corrected chi connectivity index (χ4v) is 1.47. The van der Waals surface area contributed by atoms with Gasteiger partial charge in [0.1, 0.15) is 12.4 Å². The van der Waals surface area contributed by atoms with Gasteiger partial charge in [-0.25, -0.2) is 0 Å². The fourth-order valence-electron chi connectivity index (χ4n) is 1.35. The van der Waals surface area contributed by atoms with Crippen LogP contribution in [0.4, 0.5) is 5.69 Å². The zero-order valence-electron chi connectivity index (χ0n) is 8.69. The van der Waals surface area contributed by atoms with E-state index in [2.05, 4.69) is 0 Å². The molecule has 0 saturated heterocycles. The molecule has 0 amide bonds. The van der Waals surface area contributed by atoms with Gasteiger partial charge in [-0.15, -0.1) is 0 Å². The predicted molar refractivity (Wildman–Crippen MR) is 66.6 cm³/mol. The molecule has 3 heteroatoms. The first-order valence-corrected chi connectivity index (χ1v) is 5.35. The molecule has 0 fully saturated rings. The van der Waals surface area contributed by atoms with E-state index in [1.807, 2.05) is 36.4 Å². The van der Waals surface area contributed by atoms with E-state index >= 15 is 0 Å². The summed E-state index contributed by atoms with van der Waals surface area (Å²) in [4.78, 5) is 0. The molecule has 0 aliphatic carbocycles. The van der Waals surface area contributed by atoms with Gasteiger partial charge in [-0.2, -0.15) is 0 Å². The van der Waals surface area contributed by atoms with Crippen molar-refractivity contribution in [1.29, 1.82) is 0 Å². The SMILES string of the molecule is Nc1cc(OCc2ccccc2)ccc1Cl. The Hall–Kier alpha value is -1.67. The minimum Gasteiger partial charge on any atom is -0.489 e. The minimum absolute atomic E-state index is 0.530. The Morgan fingerprint density at radius 3 is 2.50 bits per heavy atom. The Kier molecular flexibility index (Phi) is 3.32. The summed E-state index contributed by atoms with van der Waals surface area (Å²) in [5.41, 5.74) is 7.33. The molecule has 2 rings (SSSR count). The molecule has 0 radical (unpaired) electrons. The van der Waals surface area contributed by atoms with E-state index < -0.39 is 0 Å². The molecule has 82 valence electrons. The average Bonchev–Trinajstić information content (AvgIpc) is 2.32. The third kappa shape index (κ3) is 2.67. The number of nitrogen functional groups attached to an aromatic ring is 1. The lowest BCUT2D eigenvalue weighted by Gasteiger charge is -2.07. The van der Waals surface area contributed by atoms with Crippen LogP contribution in [0.1, 0.15) is 5.56 Å². The first-order valence-electron chi connectivity index (χ1n) is 4.97. The monoisotopic (exact) mass is 233 g/mol. The Bertz CT molecular complexity index is 471. The molecule has 2 nitrogen and oxygen atoms in total. The summed E-state index contributed by atoms with van der Waals surface area (Å²) in [5, 5.41) is 0.548. The molecule has 2 aromatic carbocycles. The maximum atomic E-state index is 5.82. The number of hydrogen-bond acceptors (Lipinski definition) is 2. The third-order valence-electron chi connectivity index (χ3n) is 2.22. The first-order chi connectivity index (χ1) is 7.75. The maximum absolute atomic E-state index is 5.82. The van der Waals surface area contributed by atoms with Crippen molar-refractivity contribution in [2.24, 2.45) is 0 Å². The lowest BCUT2D eigenvalue weighted by molar-refractivity contribution is 0.306. The van der Waals surface area contributed by atoms with Crippen LogP contribution in [0, 0.1) is 0 Å². The standard InChI is InChI=1S/C13H12ClNO/c14-12-7-6-11(8-13(12)15)16-9-10-4-2-1-3-5-10/h1-8H,9,15H2. The van der Waals surface area contributed by atoms with Crippen molar-refractivity contribution in [2.75, 3.05) is 5.73 Å². The molecule has 0 aliphatic heterocycles. The van der Waals surface area contributed by atoms with Gasteiger partial charge in [0.2, 0.25) is 0 Å². The molecule has 0 heterocycles.